The minimum Gasteiger partial charge on any atom is -0.487 e. The number of aryl methyl sites for hydroxylation is 1. The molecule has 8 heteroatoms. The third-order valence-corrected chi connectivity index (χ3v) is 6.19. The number of aromatic nitrogens is 1. The van der Waals surface area contributed by atoms with E-state index >= 15 is 0 Å². The van der Waals surface area contributed by atoms with Gasteiger partial charge in [-0.15, -0.1) is 0 Å². The first-order valence-electron chi connectivity index (χ1n) is 9.29. The maximum Gasteiger partial charge on any atom is 0.255 e. The van der Waals surface area contributed by atoms with Gasteiger partial charge in [0.05, 0.1) is 10.6 Å². The molecule has 0 saturated carbocycles. The van der Waals surface area contributed by atoms with Crippen molar-refractivity contribution in [3.8, 4) is 5.75 Å². The number of hydrogen-bond acceptors (Lipinski definition) is 5. The van der Waals surface area contributed by atoms with E-state index in [9.17, 15) is 13.2 Å². The standard InChI is InChI=1S/C22H23N3O4S/c1-15-11-17(12-21(16(15)2)30(27,28)23-3)22(26)25-18-8-6-9-20(13-18)29-14-19-7-4-5-10-24-19/h4-13,23H,14H2,1-3H3,(H,25,26). The molecule has 0 aliphatic carbocycles. The minimum absolute atomic E-state index is 0.0857. The number of hydrogen-bond donors (Lipinski definition) is 2. The Balaban J connectivity index is 1.78. The highest BCUT2D eigenvalue weighted by atomic mass is 32.2. The van der Waals surface area contributed by atoms with Gasteiger partial charge in [-0.1, -0.05) is 12.1 Å². The van der Waals surface area contributed by atoms with Gasteiger partial charge in [0.25, 0.3) is 5.91 Å². The van der Waals surface area contributed by atoms with Crippen molar-refractivity contribution in [3.05, 3.63) is 83.2 Å². The van der Waals surface area contributed by atoms with E-state index in [1.54, 1.807) is 50.4 Å². The highest BCUT2D eigenvalue weighted by molar-refractivity contribution is 7.89. The van der Waals surface area contributed by atoms with Gasteiger partial charge >= 0.3 is 0 Å². The number of ether oxygens (including phenoxy) is 1. The first kappa shape index (κ1) is 21.5. The topological polar surface area (TPSA) is 97.4 Å². The van der Waals surface area contributed by atoms with Gasteiger partial charge in [-0.2, -0.15) is 0 Å². The van der Waals surface area contributed by atoms with Gasteiger partial charge in [-0.3, -0.25) is 9.78 Å². The summed E-state index contributed by atoms with van der Waals surface area (Å²) in [6.45, 7) is 3.79. The summed E-state index contributed by atoms with van der Waals surface area (Å²) >= 11 is 0. The molecule has 2 N–H and O–H groups in total. The van der Waals surface area contributed by atoms with Gasteiger partial charge in [0, 0.05) is 23.5 Å². The van der Waals surface area contributed by atoms with Crippen LogP contribution in [-0.2, 0) is 16.6 Å². The Bertz CT molecular complexity index is 1160. The van der Waals surface area contributed by atoms with E-state index in [0.717, 1.165) is 5.69 Å². The quantitative estimate of drug-likeness (QED) is 0.604. The van der Waals surface area contributed by atoms with Crippen molar-refractivity contribution in [3.63, 3.8) is 0 Å². The lowest BCUT2D eigenvalue weighted by molar-refractivity contribution is 0.102. The van der Waals surface area contributed by atoms with Gasteiger partial charge in [-0.25, -0.2) is 13.1 Å². The molecule has 1 amide bonds. The zero-order valence-corrected chi connectivity index (χ0v) is 17.8. The van der Waals surface area contributed by atoms with Crippen LogP contribution >= 0.6 is 0 Å². The van der Waals surface area contributed by atoms with Gasteiger partial charge < -0.3 is 10.1 Å². The first-order chi connectivity index (χ1) is 14.3. The van der Waals surface area contributed by atoms with Crippen LogP contribution in [0, 0.1) is 13.8 Å². The average molecular weight is 426 g/mol. The lowest BCUT2D eigenvalue weighted by Gasteiger charge is -2.13. The van der Waals surface area contributed by atoms with Crippen molar-refractivity contribution in [1.29, 1.82) is 0 Å². The molecule has 0 fully saturated rings. The molecule has 3 rings (SSSR count). The van der Waals surface area contributed by atoms with Crippen LogP contribution in [0.25, 0.3) is 0 Å². The number of carbonyl (C=O) groups is 1. The largest absolute Gasteiger partial charge is 0.487 e. The van der Waals surface area contributed by atoms with E-state index in [4.69, 9.17) is 4.74 Å². The Morgan fingerprint density at radius 1 is 1.07 bits per heavy atom. The van der Waals surface area contributed by atoms with Crippen molar-refractivity contribution in [2.75, 3.05) is 12.4 Å². The van der Waals surface area contributed by atoms with Gasteiger partial charge in [0.2, 0.25) is 10.0 Å². The van der Waals surface area contributed by atoms with E-state index < -0.39 is 15.9 Å². The molecule has 1 heterocycles. The third-order valence-electron chi connectivity index (χ3n) is 4.64. The summed E-state index contributed by atoms with van der Waals surface area (Å²) in [5, 5.41) is 2.79. The Labute approximate surface area is 176 Å². The summed E-state index contributed by atoms with van der Waals surface area (Å²) in [5.41, 5.74) is 2.90. The Morgan fingerprint density at radius 2 is 1.87 bits per heavy atom. The lowest BCUT2D eigenvalue weighted by Crippen LogP contribution is -2.21. The van der Waals surface area contributed by atoms with Gasteiger partial charge in [0.15, 0.2) is 0 Å². The molecule has 30 heavy (non-hydrogen) atoms. The van der Waals surface area contributed by atoms with Crippen LogP contribution in [0.3, 0.4) is 0 Å². The number of anilines is 1. The first-order valence-corrected chi connectivity index (χ1v) is 10.8. The summed E-state index contributed by atoms with van der Waals surface area (Å²) in [6.07, 6.45) is 1.70. The monoisotopic (exact) mass is 425 g/mol. The van der Waals surface area contributed by atoms with E-state index in [-0.39, 0.29) is 10.5 Å². The number of amides is 1. The Morgan fingerprint density at radius 3 is 2.57 bits per heavy atom. The number of sulfonamides is 1. The summed E-state index contributed by atoms with van der Waals surface area (Å²) in [7, 11) is -2.34. The normalized spacial score (nSPS) is 11.2. The number of pyridine rings is 1. The van der Waals surface area contributed by atoms with Crippen LogP contribution in [0.2, 0.25) is 0 Å². The van der Waals surface area contributed by atoms with E-state index in [1.165, 1.54) is 13.1 Å². The molecular weight excluding hydrogens is 402 g/mol. The molecule has 0 unspecified atom stereocenters. The molecular formula is C22H23N3O4S. The van der Waals surface area contributed by atoms with Crippen molar-refractivity contribution in [2.24, 2.45) is 0 Å². The highest BCUT2D eigenvalue weighted by Gasteiger charge is 2.19. The van der Waals surface area contributed by atoms with Crippen molar-refractivity contribution in [2.45, 2.75) is 25.3 Å². The van der Waals surface area contributed by atoms with E-state index in [1.807, 2.05) is 18.2 Å². The highest BCUT2D eigenvalue weighted by Crippen LogP contribution is 2.23. The zero-order chi connectivity index (χ0) is 21.7. The number of carbonyl (C=O) groups excluding carboxylic acids is 1. The molecule has 2 aromatic carbocycles. The second-order valence-electron chi connectivity index (χ2n) is 6.72. The number of nitrogens with one attached hydrogen (secondary N) is 2. The zero-order valence-electron chi connectivity index (χ0n) is 17.0. The summed E-state index contributed by atoms with van der Waals surface area (Å²) in [6, 6.07) is 15.6. The molecule has 7 nitrogen and oxygen atoms in total. The molecule has 156 valence electrons. The maximum atomic E-state index is 12.8. The SMILES string of the molecule is CNS(=O)(=O)c1cc(C(=O)Nc2cccc(OCc3ccccn3)c2)cc(C)c1C. The second-order valence-corrected chi connectivity index (χ2v) is 8.57. The van der Waals surface area contributed by atoms with E-state index in [0.29, 0.717) is 29.2 Å². The predicted octanol–water partition coefficient (Wildman–Crippen LogP) is 3.44. The Hall–Kier alpha value is -3.23. The van der Waals surface area contributed by atoms with Crippen LogP contribution < -0.4 is 14.8 Å². The fourth-order valence-corrected chi connectivity index (χ4v) is 3.92. The van der Waals surface area contributed by atoms with Crippen LogP contribution in [0.1, 0.15) is 27.2 Å². The lowest BCUT2D eigenvalue weighted by atomic mass is 10.1. The smallest absolute Gasteiger partial charge is 0.255 e. The molecule has 0 aliphatic heterocycles. The van der Waals surface area contributed by atoms with E-state index in [2.05, 4.69) is 15.0 Å². The Kier molecular flexibility index (Phi) is 6.49. The number of rotatable bonds is 7. The molecule has 0 atom stereocenters. The molecule has 0 aliphatic rings. The van der Waals surface area contributed by atoms with Crippen molar-refractivity contribution < 1.29 is 17.9 Å². The van der Waals surface area contributed by atoms with Gasteiger partial charge in [-0.05, 0) is 68.4 Å². The summed E-state index contributed by atoms with van der Waals surface area (Å²) in [5.74, 6) is 0.171. The summed E-state index contributed by atoms with van der Waals surface area (Å²) < 4.78 is 32.6. The fourth-order valence-electron chi connectivity index (χ4n) is 2.85. The molecule has 0 spiro atoms. The molecule has 0 bridgehead atoms. The molecule has 0 radical (unpaired) electrons. The van der Waals surface area contributed by atoms with Crippen LogP contribution in [0.4, 0.5) is 5.69 Å². The summed E-state index contributed by atoms with van der Waals surface area (Å²) in [4.78, 5) is 17.1. The minimum atomic E-state index is -3.68. The molecule has 1 aromatic heterocycles. The number of benzene rings is 2. The maximum absolute atomic E-state index is 12.8. The second kappa shape index (κ2) is 9.06. The fraction of sp³-hybridized carbons (Fsp3) is 0.182. The predicted molar refractivity (Wildman–Crippen MR) is 115 cm³/mol. The van der Waals surface area contributed by atoms with Crippen molar-refractivity contribution >= 4 is 21.6 Å². The number of nitrogens with zero attached hydrogens (tertiary/aromatic N) is 1. The molecule has 0 saturated heterocycles. The van der Waals surface area contributed by atoms with Crippen LogP contribution in [0.15, 0.2) is 65.7 Å². The molecule has 3 aromatic rings. The van der Waals surface area contributed by atoms with Crippen LogP contribution in [-0.4, -0.2) is 26.4 Å². The van der Waals surface area contributed by atoms with Crippen LogP contribution in [0.5, 0.6) is 5.75 Å². The van der Waals surface area contributed by atoms with Crippen molar-refractivity contribution in [1.82, 2.24) is 9.71 Å². The van der Waals surface area contributed by atoms with Gasteiger partial charge in [0.1, 0.15) is 12.4 Å². The third kappa shape index (κ3) is 5.03. The average Bonchev–Trinajstić information content (AvgIpc) is 2.75.